The van der Waals surface area contributed by atoms with E-state index in [9.17, 15) is 13.2 Å². The number of nitrogens with two attached hydrogens (primary N) is 1. The zero-order valence-corrected chi connectivity index (χ0v) is 9.11. The van der Waals surface area contributed by atoms with Crippen LogP contribution in [0, 0.1) is 0 Å². The van der Waals surface area contributed by atoms with E-state index in [1.165, 1.54) is 6.07 Å². The maximum absolute atomic E-state index is 12.5. The number of rotatable bonds is 2. The Morgan fingerprint density at radius 1 is 1.11 bits per heavy atom. The van der Waals surface area contributed by atoms with Crippen molar-refractivity contribution in [3.63, 3.8) is 0 Å². The SMILES string of the molecule is Nc1cccc(Oc2cc(C(F)(F)F)ccn2)c1. The van der Waals surface area contributed by atoms with Gasteiger partial charge in [-0.3, -0.25) is 0 Å². The minimum Gasteiger partial charge on any atom is -0.439 e. The Kier molecular flexibility index (Phi) is 3.10. The summed E-state index contributed by atoms with van der Waals surface area (Å²) in [6, 6.07) is 8.08. The van der Waals surface area contributed by atoms with Crippen LogP contribution in [0.5, 0.6) is 11.6 Å². The molecule has 0 bridgehead atoms. The molecule has 0 aliphatic rings. The van der Waals surface area contributed by atoms with Crippen molar-refractivity contribution in [2.45, 2.75) is 6.18 Å². The average Bonchev–Trinajstić information content (AvgIpc) is 2.28. The fourth-order valence-electron chi connectivity index (χ4n) is 1.34. The molecular weight excluding hydrogens is 245 g/mol. The highest BCUT2D eigenvalue weighted by molar-refractivity contribution is 5.44. The molecule has 0 spiro atoms. The van der Waals surface area contributed by atoms with E-state index in [1.54, 1.807) is 18.2 Å². The highest BCUT2D eigenvalue weighted by Gasteiger charge is 2.30. The van der Waals surface area contributed by atoms with Crippen molar-refractivity contribution < 1.29 is 17.9 Å². The number of anilines is 1. The van der Waals surface area contributed by atoms with Crippen molar-refractivity contribution in [3.05, 3.63) is 48.2 Å². The smallest absolute Gasteiger partial charge is 0.416 e. The van der Waals surface area contributed by atoms with Gasteiger partial charge in [-0.1, -0.05) is 6.07 Å². The van der Waals surface area contributed by atoms with Gasteiger partial charge in [-0.05, 0) is 18.2 Å². The summed E-state index contributed by atoms with van der Waals surface area (Å²) >= 11 is 0. The van der Waals surface area contributed by atoms with Crippen molar-refractivity contribution in [1.82, 2.24) is 4.98 Å². The second-order valence-electron chi connectivity index (χ2n) is 3.56. The van der Waals surface area contributed by atoms with Crippen LogP contribution in [0.3, 0.4) is 0 Å². The maximum Gasteiger partial charge on any atom is 0.416 e. The fraction of sp³-hybridized carbons (Fsp3) is 0.0833. The van der Waals surface area contributed by atoms with Gasteiger partial charge in [0.2, 0.25) is 5.88 Å². The Balaban J connectivity index is 2.25. The number of hydrogen-bond donors (Lipinski definition) is 1. The average molecular weight is 254 g/mol. The number of pyridine rings is 1. The molecule has 0 saturated carbocycles. The van der Waals surface area contributed by atoms with E-state index in [0.29, 0.717) is 11.4 Å². The van der Waals surface area contributed by atoms with Crippen LogP contribution in [0.15, 0.2) is 42.6 Å². The van der Waals surface area contributed by atoms with Gasteiger partial charge in [0.1, 0.15) is 5.75 Å². The van der Waals surface area contributed by atoms with Crippen LogP contribution >= 0.6 is 0 Å². The number of halogens is 3. The quantitative estimate of drug-likeness (QED) is 0.834. The lowest BCUT2D eigenvalue weighted by molar-refractivity contribution is -0.137. The lowest BCUT2D eigenvalue weighted by atomic mass is 10.2. The van der Waals surface area contributed by atoms with Crippen LogP contribution in [-0.4, -0.2) is 4.98 Å². The summed E-state index contributed by atoms with van der Waals surface area (Å²) in [6.45, 7) is 0. The van der Waals surface area contributed by atoms with E-state index >= 15 is 0 Å². The first-order valence-electron chi connectivity index (χ1n) is 5.02. The minimum absolute atomic E-state index is 0.129. The number of aromatic nitrogens is 1. The van der Waals surface area contributed by atoms with E-state index in [4.69, 9.17) is 10.5 Å². The van der Waals surface area contributed by atoms with E-state index in [-0.39, 0.29) is 5.88 Å². The third-order valence-electron chi connectivity index (χ3n) is 2.14. The van der Waals surface area contributed by atoms with E-state index in [1.807, 2.05) is 0 Å². The minimum atomic E-state index is -4.42. The van der Waals surface area contributed by atoms with Gasteiger partial charge in [-0.25, -0.2) is 4.98 Å². The molecule has 0 aliphatic heterocycles. The van der Waals surface area contributed by atoms with Crippen molar-refractivity contribution >= 4 is 5.69 Å². The molecule has 1 aromatic heterocycles. The van der Waals surface area contributed by atoms with Gasteiger partial charge in [0, 0.05) is 24.0 Å². The van der Waals surface area contributed by atoms with Gasteiger partial charge in [0.15, 0.2) is 0 Å². The largest absolute Gasteiger partial charge is 0.439 e. The molecule has 2 rings (SSSR count). The Hall–Kier alpha value is -2.24. The predicted octanol–water partition coefficient (Wildman–Crippen LogP) is 3.47. The molecule has 1 aromatic carbocycles. The zero-order valence-electron chi connectivity index (χ0n) is 9.11. The Labute approximate surface area is 101 Å². The van der Waals surface area contributed by atoms with Crippen LogP contribution < -0.4 is 10.5 Å². The lowest BCUT2D eigenvalue weighted by Gasteiger charge is -2.09. The monoisotopic (exact) mass is 254 g/mol. The number of alkyl halides is 3. The molecule has 94 valence electrons. The van der Waals surface area contributed by atoms with Crippen LogP contribution in [0.2, 0.25) is 0 Å². The molecule has 0 radical (unpaired) electrons. The molecule has 18 heavy (non-hydrogen) atoms. The summed E-state index contributed by atoms with van der Waals surface area (Å²) in [4.78, 5) is 3.71. The van der Waals surface area contributed by atoms with E-state index < -0.39 is 11.7 Å². The van der Waals surface area contributed by atoms with Crippen LogP contribution in [0.4, 0.5) is 18.9 Å². The number of benzene rings is 1. The van der Waals surface area contributed by atoms with Crippen molar-refractivity contribution in [1.29, 1.82) is 0 Å². The Morgan fingerprint density at radius 2 is 1.89 bits per heavy atom. The van der Waals surface area contributed by atoms with Crippen molar-refractivity contribution in [2.24, 2.45) is 0 Å². The highest BCUT2D eigenvalue weighted by Crippen LogP contribution is 2.31. The molecule has 1 heterocycles. The first-order valence-corrected chi connectivity index (χ1v) is 5.02. The first kappa shape index (κ1) is 12.2. The highest BCUT2D eigenvalue weighted by atomic mass is 19.4. The third-order valence-corrected chi connectivity index (χ3v) is 2.14. The van der Waals surface area contributed by atoms with Gasteiger partial charge in [0.25, 0.3) is 0 Å². The summed E-state index contributed by atoms with van der Waals surface area (Å²) in [5.41, 5.74) is 5.18. The number of hydrogen-bond acceptors (Lipinski definition) is 3. The third kappa shape index (κ3) is 2.91. The molecule has 0 unspecified atom stereocenters. The normalized spacial score (nSPS) is 11.3. The zero-order chi connectivity index (χ0) is 13.2. The van der Waals surface area contributed by atoms with E-state index in [2.05, 4.69) is 4.98 Å². The Morgan fingerprint density at radius 3 is 2.56 bits per heavy atom. The molecule has 2 N–H and O–H groups in total. The van der Waals surface area contributed by atoms with E-state index in [0.717, 1.165) is 18.3 Å². The van der Waals surface area contributed by atoms with Gasteiger partial charge in [0.05, 0.1) is 5.56 Å². The molecule has 0 aliphatic carbocycles. The molecular formula is C12H9F3N2O. The molecule has 0 atom stereocenters. The predicted molar refractivity (Wildman–Crippen MR) is 60.2 cm³/mol. The first-order chi connectivity index (χ1) is 8.45. The summed E-state index contributed by atoms with van der Waals surface area (Å²) in [5.74, 6) is 0.206. The number of nitrogens with zero attached hydrogens (tertiary/aromatic N) is 1. The molecule has 0 saturated heterocycles. The van der Waals surface area contributed by atoms with Crippen LogP contribution in [-0.2, 0) is 6.18 Å². The molecule has 2 aromatic rings. The standard InChI is InChI=1S/C12H9F3N2O/c13-12(14,15)8-4-5-17-11(6-8)18-10-3-1-2-9(16)7-10/h1-7H,16H2. The van der Waals surface area contributed by atoms with Crippen LogP contribution in [0.1, 0.15) is 5.56 Å². The molecule has 0 amide bonds. The van der Waals surface area contributed by atoms with Gasteiger partial charge >= 0.3 is 6.18 Å². The van der Waals surface area contributed by atoms with Gasteiger partial charge < -0.3 is 10.5 Å². The molecule has 6 heteroatoms. The summed E-state index contributed by atoms with van der Waals surface area (Å²) < 4.78 is 42.6. The topological polar surface area (TPSA) is 48.1 Å². The fourth-order valence-corrected chi connectivity index (χ4v) is 1.34. The van der Waals surface area contributed by atoms with Crippen molar-refractivity contribution in [2.75, 3.05) is 5.73 Å². The second-order valence-corrected chi connectivity index (χ2v) is 3.56. The lowest BCUT2D eigenvalue weighted by Crippen LogP contribution is -2.05. The molecule has 3 nitrogen and oxygen atoms in total. The maximum atomic E-state index is 12.5. The van der Waals surface area contributed by atoms with Gasteiger partial charge in [-0.2, -0.15) is 13.2 Å². The summed E-state index contributed by atoms with van der Waals surface area (Å²) in [6.07, 6.45) is -3.37. The summed E-state index contributed by atoms with van der Waals surface area (Å²) in [7, 11) is 0. The Bertz CT molecular complexity index is 555. The van der Waals surface area contributed by atoms with Crippen molar-refractivity contribution in [3.8, 4) is 11.6 Å². The molecule has 0 fully saturated rings. The number of nitrogen functional groups attached to an aromatic ring is 1. The van der Waals surface area contributed by atoms with Crippen LogP contribution in [0.25, 0.3) is 0 Å². The second kappa shape index (κ2) is 4.56. The summed E-state index contributed by atoms with van der Waals surface area (Å²) in [5, 5.41) is 0. The van der Waals surface area contributed by atoms with Gasteiger partial charge in [-0.15, -0.1) is 0 Å². The number of ether oxygens (including phenoxy) is 1.